The quantitative estimate of drug-likeness (QED) is 0.652. The van der Waals surface area contributed by atoms with Gasteiger partial charge < -0.3 is 5.32 Å². The van der Waals surface area contributed by atoms with Crippen molar-refractivity contribution in [3.63, 3.8) is 0 Å². The summed E-state index contributed by atoms with van der Waals surface area (Å²) in [5, 5.41) is 3.34. The molecule has 1 N–H and O–H groups in total. The van der Waals surface area contributed by atoms with E-state index >= 15 is 0 Å². The molecule has 0 aromatic heterocycles. The van der Waals surface area contributed by atoms with Crippen LogP contribution in [0.1, 0.15) is 33.1 Å². The second-order valence-electron chi connectivity index (χ2n) is 3.40. The number of piperidine rings is 1. The molecule has 1 fully saturated rings. The Kier molecular flexibility index (Phi) is 3.06. The van der Waals surface area contributed by atoms with Crippen LogP contribution in [0.15, 0.2) is 0 Å². The fourth-order valence-corrected chi connectivity index (χ4v) is 1.71. The van der Waals surface area contributed by atoms with Gasteiger partial charge in [0.1, 0.15) is 5.78 Å². The molecular formula is C9H17NO. The minimum atomic E-state index is 0.344. The van der Waals surface area contributed by atoms with E-state index in [4.69, 9.17) is 0 Å². The van der Waals surface area contributed by atoms with Crippen LogP contribution in [0.5, 0.6) is 0 Å². The number of ketones is 1. The van der Waals surface area contributed by atoms with Gasteiger partial charge in [0.25, 0.3) is 0 Å². The molecule has 0 spiro atoms. The number of rotatable bonds is 2. The lowest BCUT2D eigenvalue weighted by Gasteiger charge is -2.26. The molecule has 1 saturated heterocycles. The molecule has 64 valence electrons. The van der Waals surface area contributed by atoms with E-state index in [-0.39, 0.29) is 0 Å². The van der Waals surface area contributed by atoms with Crippen molar-refractivity contribution in [1.82, 2.24) is 5.32 Å². The second kappa shape index (κ2) is 3.86. The third-order valence-electron chi connectivity index (χ3n) is 2.43. The number of Topliss-reactive ketones (excluding diaryl/α,β-unsaturated/α-hetero) is 1. The lowest BCUT2D eigenvalue weighted by molar-refractivity contribution is -0.123. The van der Waals surface area contributed by atoms with E-state index in [1.54, 1.807) is 0 Å². The van der Waals surface area contributed by atoms with Crippen molar-refractivity contribution >= 4 is 5.78 Å². The highest BCUT2D eigenvalue weighted by molar-refractivity contribution is 5.80. The standard InChI is InChI=1S/C9H17NO/c1-3-9(11)8-4-5-10-7(2)6-8/h7-8,10H,3-6H2,1-2H3/t7-,8-/m1/s1. The summed E-state index contributed by atoms with van der Waals surface area (Å²) in [4.78, 5) is 11.3. The first-order chi connectivity index (χ1) is 5.24. The van der Waals surface area contributed by atoms with E-state index in [2.05, 4.69) is 12.2 Å². The van der Waals surface area contributed by atoms with Crippen LogP contribution in [0.4, 0.5) is 0 Å². The maximum Gasteiger partial charge on any atom is 0.135 e. The molecule has 1 rings (SSSR count). The maximum absolute atomic E-state index is 11.3. The van der Waals surface area contributed by atoms with E-state index in [0.717, 1.165) is 19.4 Å². The highest BCUT2D eigenvalue weighted by Gasteiger charge is 2.22. The molecule has 1 heterocycles. The molecule has 0 radical (unpaired) electrons. The Bertz CT molecular complexity index is 144. The van der Waals surface area contributed by atoms with Gasteiger partial charge in [-0.1, -0.05) is 6.92 Å². The minimum Gasteiger partial charge on any atom is -0.314 e. The highest BCUT2D eigenvalue weighted by atomic mass is 16.1. The smallest absolute Gasteiger partial charge is 0.135 e. The first-order valence-corrected chi connectivity index (χ1v) is 4.50. The Morgan fingerprint density at radius 3 is 2.91 bits per heavy atom. The Morgan fingerprint density at radius 1 is 1.64 bits per heavy atom. The molecule has 1 aliphatic heterocycles. The predicted octanol–water partition coefficient (Wildman–Crippen LogP) is 1.35. The number of carbonyl (C=O) groups excluding carboxylic acids is 1. The van der Waals surface area contributed by atoms with Gasteiger partial charge >= 0.3 is 0 Å². The van der Waals surface area contributed by atoms with Gasteiger partial charge in [-0.2, -0.15) is 0 Å². The van der Waals surface area contributed by atoms with Crippen LogP contribution in [-0.4, -0.2) is 18.4 Å². The summed E-state index contributed by atoms with van der Waals surface area (Å²) in [6, 6.07) is 0.532. The summed E-state index contributed by atoms with van der Waals surface area (Å²) in [5.41, 5.74) is 0. The summed E-state index contributed by atoms with van der Waals surface area (Å²) in [7, 11) is 0. The summed E-state index contributed by atoms with van der Waals surface area (Å²) in [6.45, 7) is 5.11. The third-order valence-corrected chi connectivity index (χ3v) is 2.43. The lowest BCUT2D eigenvalue weighted by Crippen LogP contribution is -2.38. The predicted molar refractivity (Wildman–Crippen MR) is 45.5 cm³/mol. The van der Waals surface area contributed by atoms with Crippen molar-refractivity contribution in [2.45, 2.75) is 39.2 Å². The zero-order valence-corrected chi connectivity index (χ0v) is 7.39. The van der Waals surface area contributed by atoms with Crippen molar-refractivity contribution in [2.75, 3.05) is 6.54 Å². The maximum atomic E-state index is 11.3. The Morgan fingerprint density at radius 2 is 2.36 bits per heavy atom. The Balaban J connectivity index is 2.39. The third kappa shape index (κ3) is 2.29. The van der Waals surface area contributed by atoms with Gasteiger partial charge in [-0.25, -0.2) is 0 Å². The Hall–Kier alpha value is -0.370. The molecule has 0 saturated carbocycles. The van der Waals surface area contributed by atoms with Crippen LogP contribution in [0.25, 0.3) is 0 Å². The minimum absolute atomic E-state index is 0.344. The average Bonchev–Trinajstić information content (AvgIpc) is 2.03. The van der Waals surface area contributed by atoms with Gasteiger partial charge in [0.15, 0.2) is 0 Å². The number of hydrogen-bond donors (Lipinski definition) is 1. The van der Waals surface area contributed by atoms with Gasteiger partial charge in [-0.05, 0) is 26.3 Å². The fraction of sp³-hybridized carbons (Fsp3) is 0.889. The van der Waals surface area contributed by atoms with Crippen LogP contribution in [0.3, 0.4) is 0 Å². The number of hydrogen-bond acceptors (Lipinski definition) is 2. The van der Waals surface area contributed by atoms with Crippen molar-refractivity contribution in [1.29, 1.82) is 0 Å². The highest BCUT2D eigenvalue weighted by Crippen LogP contribution is 2.17. The monoisotopic (exact) mass is 155 g/mol. The van der Waals surface area contributed by atoms with Crippen LogP contribution in [0.2, 0.25) is 0 Å². The van der Waals surface area contributed by atoms with Crippen molar-refractivity contribution in [3.8, 4) is 0 Å². The average molecular weight is 155 g/mol. The molecule has 2 atom stereocenters. The summed E-state index contributed by atoms with van der Waals surface area (Å²) in [6.07, 6.45) is 2.78. The van der Waals surface area contributed by atoms with E-state index in [1.807, 2.05) is 6.92 Å². The largest absolute Gasteiger partial charge is 0.314 e. The van der Waals surface area contributed by atoms with E-state index in [9.17, 15) is 4.79 Å². The van der Waals surface area contributed by atoms with Gasteiger partial charge in [-0.3, -0.25) is 4.79 Å². The molecule has 0 amide bonds. The molecule has 11 heavy (non-hydrogen) atoms. The first-order valence-electron chi connectivity index (χ1n) is 4.50. The molecule has 0 aliphatic carbocycles. The summed E-state index contributed by atoms with van der Waals surface area (Å²) < 4.78 is 0. The molecule has 0 aromatic rings. The SMILES string of the molecule is CCC(=O)[C@@H]1CCN[C@H](C)C1. The normalized spacial score (nSPS) is 31.8. The van der Waals surface area contributed by atoms with E-state index < -0.39 is 0 Å². The van der Waals surface area contributed by atoms with Crippen LogP contribution >= 0.6 is 0 Å². The number of nitrogens with one attached hydrogen (secondary N) is 1. The van der Waals surface area contributed by atoms with Crippen molar-refractivity contribution in [2.24, 2.45) is 5.92 Å². The zero-order valence-electron chi connectivity index (χ0n) is 7.39. The molecule has 2 heteroatoms. The van der Waals surface area contributed by atoms with Crippen LogP contribution in [0, 0.1) is 5.92 Å². The van der Waals surface area contributed by atoms with Gasteiger partial charge in [0.2, 0.25) is 0 Å². The van der Waals surface area contributed by atoms with Crippen LogP contribution < -0.4 is 5.32 Å². The Labute approximate surface area is 68.4 Å². The lowest BCUT2D eigenvalue weighted by atomic mass is 9.89. The molecule has 0 bridgehead atoms. The van der Waals surface area contributed by atoms with Gasteiger partial charge in [-0.15, -0.1) is 0 Å². The van der Waals surface area contributed by atoms with Gasteiger partial charge in [0.05, 0.1) is 0 Å². The molecular weight excluding hydrogens is 138 g/mol. The zero-order chi connectivity index (χ0) is 8.27. The van der Waals surface area contributed by atoms with Gasteiger partial charge in [0, 0.05) is 18.4 Å². The molecule has 0 unspecified atom stereocenters. The van der Waals surface area contributed by atoms with Crippen molar-refractivity contribution < 1.29 is 4.79 Å². The summed E-state index contributed by atoms with van der Waals surface area (Å²) >= 11 is 0. The first kappa shape index (κ1) is 8.72. The fourth-order valence-electron chi connectivity index (χ4n) is 1.71. The number of carbonyl (C=O) groups is 1. The van der Waals surface area contributed by atoms with E-state index in [1.165, 1.54) is 0 Å². The second-order valence-corrected chi connectivity index (χ2v) is 3.40. The van der Waals surface area contributed by atoms with Crippen LogP contribution in [-0.2, 0) is 4.79 Å². The topological polar surface area (TPSA) is 29.1 Å². The molecule has 0 aromatic carbocycles. The summed E-state index contributed by atoms with van der Waals surface area (Å²) in [5.74, 6) is 0.787. The molecule has 2 nitrogen and oxygen atoms in total. The molecule has 1 aliphatic rings. The van der Waals surface area contributed by atoms with E-state index in [0.29, 0.717) is 24.2 Å². The van der Waals surface area contributed by atoms with Crippen molar-refractivity contribution in [3.05, 3.63) is 0 Å².